The number of allylic oxidation sites excluding steroid dienone is 2. The van der Waals surface area contributed by atoms with Gasteiger partial charge in [-0.2, -0.15) is 0 Å². The molecule has 0 unspecified atom stereocenters. The SMILES string of the molecule is CCCCB1N=c2/c(=C3\C(=O)C(c4ccc5cccc6c5c4NB(CCCC)N6)=C3O)ccc3cccc(c23)N1. The van der Waals surface area contributed by atoms with Gasteiger partial charge in [0, 0.05) is 38.6 Å². The highest BCUT2D eigenvalue weighted by Gasteiger charge is 2.38. The first-order valence-corrected chi connectivity index (χ1v) is 14.6. The van der Waals surface area contributed by atoms with Crippen LogP contribution < -0.4 is 26.3 Å². The predicted octanol–water partition coefficient (Wildman–Crippen LogP) is 6.15. The average Bonchev–Trinajstić information content (AvgIpc) is 2.97. The van der Waals surface area contributed by atoms with Gasteiger partial charge in [-0.1, -0.05) is 88.1 Å². The van der Waals surface area contributed by atoms with Crippen molar-refractivity contribution < 1.29 is 9.90 Å². The molecular formula is C32H32B2N4O2. The lowest BCUT2D eigenvalue weighted by atomic mass is 9.67. The van der Waals surface area contributed by atoms with Crippen LogP contribution in [-0.4, -0.2) is 24.9 Å². The van der Waals surface area contributed by atoms with E-state index in [2.05, 4.69) is 59.9 Å². The van der Waals surface area contributed by atoms with Crippen LogP contribution in [0.1, 0.15) is 45.1 Å². The highest BCUT2D eigenvalue weighted by Crippen LogP contribution is 2.45. The zero-order valence-electron chi connectivity index (χ0n) is 23.0. The molecular weight excluding hydrogens is 494 g/mol. The summed E-state index contributed by atoms with van der Waals surface area (Å²) in [6, 6.07) is 20.4. The number of unbranched alkanes of at least 4 members (excludes halogenated alkanes) is 2. The van der Waals surface area contributed by atoms with Gasteiger partial charge in [0.25, 0.3) is 0 Å². The van der Waals surface area contributed by atoms with Crippen molar-refractivity contribution in [1.29, 1.82) is 0 Å². The van der Waals surface area contributed by atoms with Crippen LogP contribution in [0.5, 0.6) is 0 Å². The molecule has 0 amide bonds. The number of hydrogen-bond donors (Lipinski definition) is 4. The van der Waals surface area contributed by atoms with Crippen molar-refractivity contribution in [3.8, 4) is 0 Å². The summed E-state index contributed by atoms with van der Waals surface area (Å²) in [4.78, 5) is 19.0. The first-order valence-electron chi connectivity index (χ1n) is 14.6. The number of carbonyl (C=O) groups is 1. The number of aliphatic hydroxyl groups excluding tert-OH is 1. The van der Waals surface area contributed by atoms with E-state index >= 15 is 0 Å². The molecule has 4 aromatic carbocycles. The minimum absolute atomic E-state index is 0.0513. The van der Waals surface area contributed by atoms with Crippen LogP contribution in [0.3, 0.4) is 0 Å². The molecule has 4 N–H and O–H groups in total. The summed E-state index contributed by atoms with van der Waals surface area (Å²) in [7, 11) is 0. The molecule has 0 bridgehead atoms. The Kier molecular flexibility index (Phi) is 6.06. The number of aliphatic hydroxyl groups is 1. The number of benzene rings is 4. The predicted molar refractivity (Wildman–Crippen MR) is 168 cm³/mol. The van der Waals surface area contributed by atoms with E-state index in [1.807, 2.05) is 30.3 Å². The molecule has 0 saturated carbocycles. The van der Waals surface area contributed by atoms with Crippen LogP contribution in [-0.2, 0) is 4.79 Å². The van der Waals surface area contributed by atoms with Crippen molar-refractivity contribution in [2.24, 2.45) is 4.90 Å². The maximum absolute atomic E-state index is 13.9. The summed E-state index contributed by atoms with van der Waals surface area (Å²) < 4.78 is 0. The lowest BCUT2D eigenvalue weighted by molar-refractivity contribution is -0.109. The van der Waals surface area contributed by atoms with E-state index in [0.717, 1.165) is 87.9 Å². The molecule has 2 aliphatic heterocycles. The van der Waals surface area contributed by atoms with Gasteiger partial charge in [0.1, 0.15) is 5.76 Å². The highest BCUT2D eigenvalue weighted by atomic mass is 16.3. The molecule has 1 aliphatic carbocycles. The van der Waals surface area contributed by atoms with Gasteiger partial charge in [0.2, 0.25) is 5.78 Å². The third-order valence-electron chi connectivity index (χ3n) is 8.46. The van der Waals surface area contributed by atoms with Gasteiger partial charge >= 0.3 is 14.0 Å². The Labute approximate surface area is 234 Å². The highest BCUT2D eigenvalue weighted by molar-refractivity contribution is 6.68. The van der Waals surface area contributed by atoms with Gasteiger partial charge in [-0.3, -0.25) is 4.79 Å². The summed E-state index contributed by atoms with van der Waals surface area (Å²) in [5, 5.41) is 28.1. The van der Waals surface area contributed by atoms with E-state index in [4.69, 9.17) is 4.90 Å². The number of rotatable bonds is 7. The van der Waals surface area contributed by atoms with Gasteiger partial charge in [-0.05, 0) is 35.5 Å². The van der Waals surface area contributed by atoms with E-state index in [1.165, 1.54) is 0 Å². The number of carbonyl (C=O) groups excluding carboxylic acids is 1. The molecule has 8 heteroatoms. The Morgan fingerprint density at radius 3 is 2.23 bits per heavy atom. The van der Waals surface area contributed by atoms with E-state index in [1.54, 1.807) is 0 Å². The molecule has 0 atom stereocenters. The van der Waals surface area contributed by atoms with Crippen LogP contribution in [0.25, 0.3) is 32.7 Å². The zero-order valence-corrected chi connectivity index (χ0v) is 23.0. The summed E-state index contributed by atoms with van der Waals surface area (Å²) in [6.07, 6.45) is 6.23. The molecule has 4 aromatic rings. The van der Waals surface area contributed by atoms with E-state index < -0.39 is 0 Å². The molecule has 0 spiro atoms. The fraction of sp³-hybridized carbons (Fsp3) is 0.250. The van der Waals surface area contributed by atoms with E-state index in [9.17, 15) is 9.90 Å². The first kappa shape index (κ1) is 24.8. The lowest BCUT2D eigenvalue weighted by Crippen LogP contribution is -2.41. The van der Waals surface area contributed by atoms with Gasteiger partial charge in [0.05, 0.1) is 16.5 Å². The van der Waals surface area contributed by atoms with E-state index in [-0.39, 0.29) is 25.5 Å². The zero-order chi connectivity index (χ0) is 27.4. The second-order valence-electron chi connectivity index (χ2n) is 11.1. The molecule has 0 fully saturated rings. The summed E-state index contributed by atoms with van der Waals surface area (Å²) in [5.74, 6) is -0.0848. The van der Waals surface area contributed by atoms with Crippen molar-refractivity contribution in [3.63, 3.8) is 0 Å². The van der Waals surface area contributed by atoms with Crippen molar-refractivity contribution >= 4 is 69.5 Å². The standard InChI is InChI=1S/C32H32B2N4O2/c1-3-5-17-33-35-23-11-7-9-19-13-15-21(29(37-33)25(19)23)27-31(39)28(32(27)40)22-16-14-20-10-8-12-24-26(20)30(22)38-34(36-24)18-6-4-2/h7-16,35-37,39H,3-6,17-18H2,1-2H3/b28-22-. The topological polar surface area (TPSA) is 85.8 Å². The quantitative estimate of drug-likeness (QED) is 0.217. The van der Waals surface area contributed by atoms with Crippen LogP contribution in [0.15, 0.2) is 71.3 Å². The Bertz CT molecular complexity index is 1870. The van der Waals surface area contributed by atoms with Crippen molar-refractivity contribution in [2.45, 2.75) is 52.2 Å². The van der Waals surface area contributed by atoms with Crippen molar-refractivity contribution in [2.75, 3.05) is 15.7 Å². The number of nitrogens with zero attached hydrogens (tertiary/aromatic N) is 1. The Balaban J connectivity index is 1.42. The molecule has 40 heavy (non-hydrogen) atoms. The smallest absolute Gasteiger partial charge is 0.392 e. The van der Waals surface area contributed by atoms with Crippen LogP contribution in [0.2, 0.25) is 12.6 Å². The first-order chi connectivity index (χ1) is 19.6. The Hall–Kier alpha value is -4.19. The molecule has 0 saturated heterocycles. The van der Waals surface area contributed by atoms with E-state index in [0.29, 0.717) is 16.4 Å². The van der Waals surface area contributed by atoms with Gasteiger partial charge in [0.15, 0.2) is 0 Å². The minimum Gasteiger partial charge on any atom is -0.506 e. The maximum atomic E-state index is 13.9. The summed E-state index contributed by atoms with van der Waals surface area (Å²) in [6.45, 7) is 4.37. The number of ketones is 1. The number of nitrogens with one attached hydrogen (secondary N) is 3. The number of hydrogen-bond acceptors (Lipinski definition) is 6. The number of Topliss-reactive ketones (excluding diaryl/α,β-unsaturated/α-hetero) is 1. The fourth-order valence-electron chi connectivity index (χ4n) is 6.43. The molecule has 0 aromatic heterocycles. The Morgan fingerprint density at radius 2 is 1.48 bits per heavy atom. The van der Waals surface area contributed by atoms with Gasteiger partial charge < -0.3 is 25.7 Å². The second-order valence-corrected chi connectivity index (χ2v) is 11.1. The summed E-state index contributed by atoms with van der Waals surface area (Å²) >= 11 is 0. The van der Waals surface area contributed by atoms with Gasteiger partial charge in [-0.15, -0.1) is 0 Å². The van der Waals surface area contributed by atoms with Crippen LogP contribution in [0.4, 0.5) is 17.1 Å². The van der Waals surface area contributed by atoms with Gasteiger partial charge in [-0.25, -0.2) is 0 Å². The fourth-order valence-corrected chi connectivity index (χ4v) is 6.43. The largest absolute Gasteiger partial charge is 0.506 e. The third-order valence-corrected chi connectivity index (χ3v) is 8.46. The van der Waals surface area contributed by atoms with Crippen LogP contribution >= 0.6 is 0 Å². The molecule has 0 radical (unpaired) electrons. The molecule has 6 nitrogen and oxygen atoms in total. The molecule has 2 heterocycles. The summed E-state index contributed by atoms with van der Waals surface area (Å²) in [5.41, 5.74) is 4.49. The molecule has 3 aliphatic rings. The molecule has 7 rings (SSSR count). The minimum atomic E-state index is -0.136. The second kappa shape index (κ2) is 9.77. The lowest BCUT2D eigenvalue weighted by Gasteiger charge is -2.31. The molecule has 198 valence electrons. The monoisotopic (exact) mass is 526 g/mol. The average molecular weight is 526 g/mol. The van der Waals surface area contributed by atoms with Crippen LogP contribution in [0, 0.1) is 0 Å². The third kappa shape index (κ3) is 3.80. The van der Waals surface area contributed by atoms with Crippen molar-refractivity contribution in [3.05, 3.63) is 82.6 Å². The Morgan fingerprint density at radius 1 is 0.775 bits per heavy atom. The van der Waals surface area contributed by atoms with Crippen molar-refractivity contribution in [1.82, 2.24) is 0 Å². The normalized spacial score (nSPS) is 16.9. The maximum Gasteiger partial charge on any atom is 0.392 e. The number of anilines is 3.